The molecule has 2 heterocycles. The fourth-order valence-electron chi connectivity index (χ4n) is 3.33. The first kappa shape index (κ1) is 17.8. The van der Waals surface area contributed by atoms with Crippen molar-refractivity contribution in [1.29, 1.82) is 0 Å². The van der Waals surface area contributed by atoms with Gasteiger partial charge in [0.1, 0.15) is 0 Å². The minimum absolute atomic E-state index is 0.584. The van der Waals surface area contributed by atoms with Crippen LogP contribution in [0.4, 0.5) is 0 Å². The van der Waals surface area contributed by atoms with Gasteiger partial charge in [-0.25, -0.2) is 0 Å². The molecule has 132 valence electrons. The molecule has 0 amide bonds. The second kappa shape index (κ2) is 8.37. The van der Waals surface area contributed by atoms with E-state index in [1.54, 1.807) is 0 Å². The third-order valence-corrected chi connectivity index (χ3v) is 5.13. The SMILES string of the molecule is C=C(C)CN1CCC(NCc2cc(Br)c3c(c2)OCCCO3)CC1. The molecule has 1 aromatic rings. The van der Waals surface area contributed by atoms with Crippen molar-refractivity contribution in [1.82, 2.24) is 10.2 Å². The minimum atomic E-state index is 0.584. The molecule has 2 aliphatic rings. The summed E-state index contributed by atoms with van der Waals surface area (Å²) in [5.41, 5.74) is 2.48. The van der Waals surface area contributed by atoms with Crippen molar-refractivity contribution in [3.8, 4) is 11.5 Å². The molecule has 3 rings (SSSR count). The molecule has 24 heavy (non-hydrogen) atoms. The van der Waals surface area contributed by atoms with E-state index < -0.39 is 0 Å². The summed E-state index contributed by atoms with van der Waals surface area (Å²) in [6.07, 6.45) is 3.31. The molecule has 2 aliphatic heterocycles. The summed E-state index contributed by atoms with van der Waals surface area (Å²) in [4.78, 5) is 2.49. The molecule has 0 unspecified atom stereocenters. The maximum absolute atomic E-state index is 5.82. The van der Waals surface area contributed by atoms with E-state index in [4.69, 9.17) is 9.47 Å². The summed E-state index contributed by atoms with van der Waals surface area (Å²) in [6, 6.07) is 4.83. The van der Waals surface area contributed by atoms with Gasteiger partial charge in [-0.2, -0.15) is 0 Å². The van der Waals surface area contributed by atoms with E-state index in [0.717, 1.165) is 55.2 Å². The zero-order valence-corrected chi connectivity index (χ0v) is 16.0. The normalized spacial score (nSPS) is 19.1. The van der Waals surface area contributed by atoms with Crippen LogP contribution in [0.25, 0.3) is 0 Å². The largest absolute Gasteiger partial charge is 0.490 e. The van der Waals surface area contributed by atoms with Crippen molar-refractivity contribution in [2.75, 3.05) is 32.8 Å². The van der Waals surface area contributed by atoms with Gasteiger partial charge >= 0.3 is 0 Å². The van der Waals surface area contributed by atoms with Gasteiger partial charge < -0.3 is 14.8 Å². The molecule has 1 aromatic carbocycles. The Kier molecular flexibility index (Phi) is 6.19. The number of ether oxygens (including phenoxy) is 2. The summed E-state index contributed by atoms with van der Waals surface area (Å²) in [5.74, 6) is 1.69. The van der Waals surface area contributed by atoms with Gasteiger partial charge in [0.25, 0.3) is 0 Å². The molecule has 1 N–H and O–H groups in total. The summed E-state index contributed by atoms with van der Waals surface area (Å²) < 4.78 is 12.6. The van der Waals surface area contributed by atoms with Crippen molar-refractivity contribution in [3.63, 3.8) is 0 Å². The zero-order chi connectivity index (χ0) is 16.9. The molecule has 0 atom stereocenters. The van der Waals surface area contributed by atoms with Crippen LogP contribution in [-0.4, -0.2) is 43.8 Å². The molecular formula is C19H27BrN2O2. The van der Waals surface area contributed by atoms with Crippen LogP contribution in [0.1, 0.15) is 31.7 Å². The van der Waals surface area contributed by atoms with E-state index in [-0.39, 0.29) is 0 Å². The highest BCUT2D eigenvalue weighted by Crippen LogP contribution is 2.38. The van der Waals surface area contributed by atoms with Crippen molar-refractivity contribution < 1.29 is 9.47 Å². The highest BCUT2D eigenvalue weighted by molar-refractivity contribution is 9.10. The summed E-state index contributed by atoms with van der Waals surface area (Å²) in [6.45, 7) is 11.7. The van der Waals surface area contributed by atoms with Gasteiger partial charge in [0.2, 0.25) is 0 Å². The van der Waals surface area contributed by atoms with Gasteiger partial charge in [0.15, 0.2) is 11.5 Å². The molecule has 0 saturated carbocycles. The number of likely N-dealkylation sites (tertiary alicyclic amines) is 1. The molecule has 0 aliphatic carbocycles. The molecule has 0 spiro atoms. The van der Waals surface area contributed by atoms with Gasteiger partial charge in [0.05, 0.1) is 17.7 Å². The van der Waals surface area contributed by atoms with Gasteiger partial charge in [-0.05, 0) is 66.5 Å². The van der Waals surface area contributed by atoms with Gasteiger partial charge in [-0.3, -0.25) is 4.90 Å². The molecule has 1 fully saturated rings. The highest BCUT2D eigenvalue weighted by Gasteiger charge is 2.19. The Balaban J connectivity index is 1.53. The molecule has 4 nitrogen and oxygen atoms in total. The Morgan fingerprint density at radius 3 is 2.79 bits per heavy atom. The Labute approximate surface area is 153 Å². The number of halogens is 1. The third kappa shape index (κ3) is 4.74. The maximum Gasteiger partial charge on any atom is 0.175 e. The Morgan fingerprint density at radius 1 is 1.29 bits per heavy atom. The van der Waals surface area contributed by atoms with Crippen LogP contribution in [0, 0.1) is 0 Å². The van der Waals surface area contributed by atoms with E-state index in [9.17, 15) is 0 Å². The molecule has 0 bridgehead atoms. The van der Waals surface area contributed by atoms with Crippen LogP contribution in [-0.2, 0) is 6.54 Å². The second-order valence-corrected chi connectivity index (χ2v) is 7.70. The van der Waals surface area contributed by atoms with E-state index in [1.807, 2.05) is 0 Å². The van der Waals surface area contributed by atoms with Crippen molar-refractivity contribution in [2.45, 2.75) is 38.8 Å². The lowest BCUT2D eigenvalue weighted by Gasteiger charge is -2.32. The smallest absolute Gasteiger partial charge is 0.175 e. The topological polar surface area (TPSA) is 33.7 Å². The van der Waals surface area contributed by atoms with Crippen LogP contribution >= 0.6 is 15.9 Å². The molecule has 0 radical (unpaired) electrons. The van der Waals surface area contributed by atoms with Crippen LogP contribution in [0.15, 0.2) is 28.8 Å². The van der Waals surface area contributed by atoms with E-state index in [1.165, 1.54) is 24.0 Å². The van der Waals surface area contributed by atoms with Gasteiger partial charge in [-0.1, -0.05) is 12.2 Å². The minimum Gasteiger partial charge on any atom is -0.490 e. The fourth-order valence-corrected chi connectivity index (χ4v) is 3.93. The van der Waals surface area contributed by atoms with Gasteiger partial charge in [0, 0.05) is 25.6 Å². The number of nitrogens with one attached hydrogen (secondary N) is 1. The third-order valence-electron chi connectivity index (χ3n) is 4.54. The fraction of sp³-hybridized carbons (Fsp3) is 0.579. The Morgan fingerprint density at radius 2 is 2.04 bits per heavy atom. The maximum atomic E-state index is 5.82. The lowest BCUT2D eigenvalue weighted by atomic mass is 10.0. The number of hydrogen-bond donors (Lipinski definition) is 1. The lowest BCUT2D eigenvalue weighted by molar-refractivity contribution is 0.211. The summed E-state index contributed by atoms with van der Waals surface area (Å²) in [5, 5.41) is 3.70. The van der Waals surface area contributed by atoms with Crippen LogP contribution in [0.3, 0.4) is 0 Å². The zero-order valence-electron chi connectivity index (χ0n) is 14.4. The monoisotopic (exact) mass is 394 g/mol. The average molecular weight is 395 g/mol. The standard InChI is InChI=1S/C19H27BrN2O2/c1-14(2)13-22-6-4-16(5-7-22)21-12-15-10-17(20)19-18(11-15)23-8-3-9-24-19/h10-11,16,21H,1,3-9,12-13H2,2H3. The Hall–Kier alpha value is -1.04. The summed E-state index contributed by atoms with van der Waals surface area (Å²) >= 11 is 3.62. The molecule has 5 heteroatoms. The van der Waals surface area contributed by atoms with E-state index in [2.05, 4.69) is 51.8 Å². The van der Waals surface area contributed by atoms with Crippen molar-refractivity contribution in [3.05, 3.63) is 34.3 Å². The first-order valence-electron chi connectivity index (χ1n) is 8.80. The first-order valence-corrected chi connectivity index (χ1v) is 9.59. The van der Waals surface area contributed by atoms with E-state index in [0.29, 0.717) is 12.6 Å². The van der Waals surface area contributed by atoms with Crippen LogP contribution in [0.2, 0.25) is 0 Å². The lowest BCUT2D eigenvalue weighted by Crippen LogP contribution is -2.42. The molecular weight excluding hydrogens is 368 g/mol. The number of nitrogens with zero attached hydrogens (tertiary/aromatic N) is 1. The van der Waals surface area contributed by atoms with Crippen molar-refractivity contribution >= 4 is 15.9 Å². The first-order chi connectivity index (χ1) is 11.6. The number of rotatable bonds is 5. The quantitative estimate of drug-likeness (QED) is 0.771. The average Bonchev–Trinajstić information content (AvgIpc) is 2.79. The van der Waals surface area contributed by atoms with E-state index >= 15 is 0 Å². The molecule has 1 saturated heterocycles. The van der Waals surface area contributed by atoms with Gasteiger partial charge in [-0.15, -0.1) is 0 Å². The highest BCUT2D eigenvalue weighted by atomic mass is 79.9. The van der Waals surface area contributed by atoms with Crippen LogP contribution < -0.4 is 14.8 Å². The Bertz CT molecular complexity index is 583. The predicted octanol–water partition coefficient (Wildman–Crippen LogP) is 3.74. The van der Waals surface area contributed by atoms with Crippen LogP contribution in [0.5, 0.6) is 11.5 Å². The summed E-state index contributed by atoms with van der Waals surface area (Å²) in [7, 11) is 0. The van der Waals surface area contributed by atoms with Crippen molar-refractivity contribution in [2.24, 2.45) is 0 Å². The number of piperidine rings is 1. The second-order valence-electron chi connectivity index (χ2n) is 6.84. The number of benzene rings is 1. The predicted molar refractivity (Wildman–Crippen MR) is 101 cm³/mol. The number of hydrogen-bond acceptors (Lipinski definition) is 4. The number of fused-ring (bicyclic) bond motifs is 1. The molecule has 0 aromatic heterocycles.